The van der Waals surface area contributed by atoms with Crippen molar-refractivity contribution in [2.24, 2.45) is 5.92 Å². The Morgan fingerprint density at radius 2 is 1.60 bits per heavy atom. The van der Waals surface area contributed by atoms with Crippen LogP contribution in [0.5, 0.6) is 0 Å². The van der Waals surface area contributed by atoms with Gasteiger partial charge in [0.2, 0.25) is 5.91 Å². The molecule has 0 bridgehead atoms. The Kier molecular flexibility index (Phi) is 8.03. The first-order valence-electron chi connectivity index (χ1n) is 12.0. The molecule has 30 heavy (non-hydrogen) atoms. The van der Waals surface area contributed by atoms with E-state index in [4.69, 9.17) is 9.31 Å². The Morgan fingerprint density at radius 1 is 0.967 bits per heavy atom. The Hall–Kier alpha value is -1.33. The molecule has 1 amide bonds. The van der Waals surface area contributed by atoms with E-state index in [1.807, 2.05) is 0 Å². The second kappa shape index (κ2) is 10.3. The fourth-order valence-electron chi connectivity index (χ4n) is 4.34. The second-order valence-electron chi connectivity index (χ2n) is 10.1. The van der Waals surface area contributed by atoms with Crippen LogP contribution < -0.4 is 0 Å². The van der Waals surface area contributed by atoms with Crippen molar-refractivity contribution in [3.63, 3.8) is 0 Å². The normalized spacial score (nSPS) is 20.8. The van der Waals surface area contributed by atoms with Gasteiger partial charge in [-0.25, -0.2) is 0 Å². The van der Waals surface area contributed by atoms with Crippen molar-refractivity contribution in [3.8, 4) is 0 Å². The third-order valence-corrected chi connectivity index (χ3v) is 7.17. The number of aryl methyl sites for hydroxylation is 1. The van der Waals surface area contributed by atoms with E-state index >= 15 is 0 Å². The van der Waals surface area contributed by atoms with Gasteiger partial charge in [-0.1, -0.05) is 49.6 Å². The number of carbonyl (C=O) groups is 1. The summed E-state index contributed by atoms with van der Waals surface area (Å²) in [6.45, 7) is 10.3. The smallest absolute Gasteiger partial charge is 0.403 e. The molecule has 0 aliphatic carbocycles. The molecule has 2 saturated heterocycles. The van der Waals surface area contributed by atoms with Crippen LogP contribution in [0.1, 0.15) is 78.2 Å². The molecule has 5 heteroatoms. The van der Waals surface area contributed by atoms with Crippen molar-refractivity contribution >= 4 is 13.0 Å². The molecule has 2 aliphatic rings. The number of nitrogens with zero attached hydrogens (tertiary/aromatic N) is 1. The molecule has 1 aromatic rings. The lowest BCUT2D eigenvalue weighted by Gasteiger charge is -2.34. The highest BCUT2D eigenvalue weighted by Crippen LogP contribution is 2.38. The number of amides is 1. The minimum atomic E-state index is -0.245. The van der Waals surface area contributed by atoms with Gasteiger partial charge in [-0.2, -0.15) is 0 Å². The summed E-state index contributed by atoms with van der Waals surface area (Å²) in [4.78, 5) is 14.9. The molecule has 2 aliphatic heterocycles. The molecule has 2 heterocycles. The number of carbonyl (C=O) groups excluding carboxylic acids is 1. The van der Waals surface area contributed by atoms with Crippen LogP contribution in [0, 0.1) is 5.92 Å². The van der Waals surface area contributed by atoms with Crippen LogP contribution >= 0.6 is 0 Å². The van der Waals surface area contributed by atoms with Crippen LogP contribution in [0.25, 0.3) is 0 Å². The minimum absolute atomic E-state index is 0.0978. The summed E-state index contributed by atoms with van der Waals surface area (Å²) in [5, 5.41) is 0. The van der Waals surface area contributed by atoms with Gasteiger partial charge in [-0.15, -0.1) is 0 Å². The zero-order valence-corrected chi connectivity index (χ0v) is 19.5. The molecular formula is C25H40BNO3. The summed E-state index contributed by atoms with van der Waals surface area (Å²) in [5.41, 5.74) is 0.881. The molecule has 0 unspecified atom stereocenters. The number of rotatable bonds is 11. The lowest BCUT2D eigenvalue weighted by Crippen LogP contribution is -2.45. The van der Waals surface area contributed by atoms with Crippen molar-refractivity contribution < 1.29 is 14.1 Å². The minimum Gasteiger partial charge on any atom is -0.403 e. The number of likely N-dealkylation sites (tertiary alicyclic amines) is 1. The summed E-state index contributed by atoms with van der Waals surface area (Å²) in [7, 11) is -0.0978. The van der Waals surface area contributed by atoms with Crippen molar-refractivity contribution in [2.75, 3.05) is 13.1 Å². The predicted molar refractivity (Wildman–Crippen MR) is 123 cm³/mol. The maximum atomic E-state index is 12.9. The summed E-state index contributed by atoms with van der Waals surface area (Å²) in [6.07, 6.45) is 9.58. The van der Waals surface area contributed by atoms with E-state index in [0.29, 0.717) is 5.91 Å². The van der Waals surface area contributed by atoms with Crippen LogP contribution in [0.15, 0.2) is 30.3 Å². The third kappa shape index (κ3) is 6.10. The number of hydrogen-bond donors (Lipinski definition) is 0. The molecule has 0 aromatic heterocycles. The van der Waals surface area contributed by atoms with Gasteiger partial charge in [-0.3, -0.25) is 4.79 Å². The molecule has 0 radical (unpaired) electrons. The number of unbranched alkanes of at least 4 members (excludes halogenated alkanes) is 2. The highest BCUT2D eigenvalue weighted by Gasteiger charge is 2.50. The van der Waals surface area contributed by atoms with Crippen molar-refractivity contribution in [2.45, 2.75) is 96.6 Å². The lowest BCUT2D eigenvalue weighted by molar-refractivity contribution is -0.139. The Labute approximate surface area is 183 Å². The summed E-state index contributed by atoms with van der Waals surface area (Å²) in [5.74, 6) is 0.575. The van der Waals surface area contributed by atoms with Gasteiger partial charge in [0.05, 0.1) is 11.2 Å². The molecule has 166 valence electrons. The van der Waals surface area contributed by atoms with Crippen molar-refractivity contribution in [1.29, 1.82) is 0 Å². The lowest BCUT2D eigenvalue weighted by atomic mass is 9.81. The van der Waals surface area contributed by atoms with Gasteiger partial charge >= 0.3 is 7.12 Å². The average molecular weight is 413 g/mol. The van der Waals surface area contributed by atoms with Crippen LogP contribution in [0.2, 0.25) is 6.32 Å². The SMILES string of the molecule is CC1(C)OB(CCCCC[C@@H](CCCc2ccccc2)C(=O)N2CCC2)OC1(C)C. The number of hydrogen-bond acceptors (Lipinski definition) is 3. The Balaban J connectivity index is 1.38. The molecule has 2 fully saturated rings. The van der Waals surface area contributed by atoms with Crippen LogP contribution in [-0.2, 0) is 20.5 Å². The van der Waals surface area contributed by atoms with Gasteiger partial charge in [-0.05, 0) is 71.7 Å². The largest absolute Gasteiger partial charge is 0.457 e. The standard InChI is InChI=1S/C25H40BNO3/c1-24(2)25(3,4)30-26(29-24)18-10-6-9-16-22(23(28)27-19-12-20-27)17-11-15-21-13-7-5-8-14-21/h5,7-8,13-14,22H,6,9-12,15-20H2,1-4H3/t22-/m0/s1. The van der Waals surface area contributed by atoms with Crippen molar-refractivity contribution in [3.05, 3.63) is 35.9 Å². The molecule has 1 atom stereocenters. The van der Waals surface area contributed by atoms with Gasteiger partial charge in [0, 0.05) is 19.0 Å². The zero-order valence-electron chi connectivity index (χ0n) is 19.5. The summed E-state index contributed by atoms with van der Waals surface area (Å²) < 4.78 is 12.2. The zero-order chi connectivity index (χ0) is 21.6. The second-order valence-corrected chi connectivity index (χ2v) is 10.1. The average Bonchev–Trinajstić information content (AvgIpc) is 2.86. The van der Waals surface area contributed by atoms with E-state index in [9.17, 15) is 4.79 Å². The molecule has 0 spiro atoms. The van der Waals surface area contributed by atoms with Gasteiger partial charge in [0.1, 0.15) is 0 Å². The highest BCUT2D eigenvalue weighted by molar-refractivity contribution is 6.45. The van der Waals surface area contributed by atoms with Gasteiger partial charge < -0.3 is 14.2 Å². The molecule has 0 N–H and O–H groups in total. The maximum absolute atomic E-state index is 12.9. The summed E-state index contributed by atoms with van der Waals surface area (Å²) in [6, 6.07) is 10.6. The monoisotopic (exact) mass is 413 g/mol. The topological polar surface area (TPSA) is 38.8 Å². The molecule has 4 nitrogen and oxygen atoms in total. The Morgan fingerprint density at radius 3 is 2.20 bits per heavy atom. The van der Waals surface area contributed by atoms with Gasteiger partial charge in [0.15, 0.2) is 0 Å². The predicted octanol–water partition coefficient (Wildman–Crippen LogP) is 5.51. The van der Waals surface area contributed by atoms with E-state index < -0.39 is 0 Å². The molecule has 3 rings (SSSR count). The van der Waals surface area contributed by atoms with E-state index in [1.165, 1.54) is 5.56 Å². The van der Waals surface area contributed by atoms with E-state index in [-0.39, 0.29) is 24.2 Å². The fraction of sp³-hybridized carbons (Fsp3) is 0.720. The fourth-order valence-corrected chi connectivity index (χ4v) is 4.34. The van der Waals surface area contributed by atoms with E-state index in [2.05, 4.69) is 62.9 Å². The maximum Gasteiger partial charge on any atom is 0.457 e. The summed E-state index contributed by atoms with van der Waals surface area (Å²) >= 11 is 0. The van der Waals surface area contributed by atoms with Crippen LogP contribution in [0.4, 0.5) is 0 Å². The first-order chi connectivity index (χ1) is 14.3. The molecular weight excluding hydrogens is 373 g/mol. The van der Waals surface area contributed by atoms with E-state index in [1.54, 1.807) is 0 Å². The van der Waals surface area contributed by atoms with Crippen molar-refractivity contribution in [1.82, 2.24) is 4.90 Å². The molecule has 0 saturated carbocycles. The van der Waals surface area contributed by atoms with Crippen LogP contribution in [0.3, 0.4) is 0 Å². The number of benzene rings is 1. The first kappa shape index (κ1) is 23.3. The highest BCUT2D eigenvalue weighted by atomic mass is 16.7. The van der Waals surface area contributed by atoms with E-state index in [0.717, 1.165) is 70.8 Å². The van der Waals surface area contributed by atoms with Gasteiger partial charge in [0.25, 0.3) is 0 Å². The quantitative estimate of drug-likeness (QED) is 0.355. The third-order valence-electron chi connectivity index (χ3n) is 7.17. The molecule has 1 aromatic carbocycles. The Bertz CT molecular complexity index is 656. The van der Waals surface area contributed by atoms with Crippen LogP contribution in [-0.4, -0.2) is 42.2 Å². The first-order valence-corrected chi connectivity index (χ1v) is 12.0.